The molecule has 0 heterocycles. The summed E-state index contributed by atoms with van der Waals surface area (Å²) in [7, 11) is 0. The van der Waals surface area contributed by atoms with Gasteiger partial charge in [0, 0.05) is 23.3 Å². The molecular formula is C23H36O5. The van der Waals surface area contributed by atoms with Gasteiger partial charge in [-0.1, -0.05) is 59.8 Å². The quantitative estimate of drug-likeness (QED) is 0.362. The first-order chi connectivity index (χ1) is 13.2. The van der Waals surface area contributed by atoms with Crippen molar-refractivity contribution in [2.75, 3.05) is 0 Å². The highest BCUT2D eigenvalue weighted by atomic mass is 16.5. The third-order valence-corrected chi connectivity index (χ3v) is 7.08. The number of aldehydes is 2. The van der Waals surface area contributed by atoms with E-state index in [0.29, 0.717) is 25.4 Å². The van der Waals surface area contributed by atoms with Gasteiger partial charge >= 0.3 is 5.97 Å². The number of rotatable bonds is 9. The first-order valence-electron chi connectivity index (χ1n) is 10.7. The Kier molecular flexibility index (Phi) is 7.24. The monoisotopic (exact) mass is 392 g/mol. The molecule has 0 aromatic carbocycles. The van der Waals surface area contributed by atoms with Crippen LogP contribution in [0.25, 0.3) is 0 Å². The van der Waals surface area contributed by atoms with Gasteiger partial charge in [0.2, 0.25) is 0 Å². The second-order valence-corrected chi connectivity index (χ2v) is 9.48. The fraction of sp³-hybridized carbons (Fsp3) is 0.783. The average Bonchev–Trinajstić information content (AvgIpc) is 2.63. The zero-order valence-corrected chi connectivity index (χ0v) is 17.8. The molecule has 5 heteroatoms. The Hall–Kier alpha value is -1.49. The third-order valence-electron chi connectivity index (χ3n) is 7.08. The lowest BCUT2D eigenvalue weighted by Gasteiger charge is -2.59. The summed E-state index contributed by atoms with van der Waals surface area (Å²) >= 11 is 0. The molecule has 1 fully saturated rings. The fourth-order valence-corrected chi connectivity index (χ4v) is 5.57. The van der Waals surface area contributed by atoms with Gasteiger partial charge < -0.3 is 9.84 Å². The number of hydrogen-bond acceptors (Lipinski definition) is 5. The van der Waals surface area contributed by atoms with Crippen LogP contribution in [0.3, 0.4) is 0 Å². The highest BCUT2D eigenvalue weighted by Gasteiger charge is 2.64. The van der Waals surface area contributed by atoms with E-state index in [0.717, 1.165) is 38.5 Å². The molecule has 0 radical (unpaired) electrons. The molecule has 0 amide bonds. The van der Waals surface area contributed by atoms with Crippen LogP contribution in [0.1, 0.15) is 85.5 Å². The Bertz CT molecular complexity index is 622. The Balaban J connectivity index is 2.26. The van der Waals surface area contributed by atoms with Gasteiger partial charge in [0.05, 0.1) is 0 Å². The summed E-state index contributed by atoms with van der Waals surface area (Å²) in [5, 5.41) is 11.2. The molecule has 1 N–H and O–H groups in total. The second-order valence-electron chi connectivity index (χ2n) is 9.48. The minimum Gasteiger partial charge on any atom is -0.458 e. The van der Waals surface area contributed by atoms with E-state index in [1.807, 2.05) is 6.92 Å². The molecular weight excluding hydrogens is 356 g/mol. The summed E-state index contributed by atoms with van der Waals surface area (Å²) in [6, 6.07) is 0. The normalized spacial score (nSPS) is 34.1. The van der Waals surface area contributed by atoms with Gasteiger partial charge in [-0.15, -0.1) is 0 Å². The number of unbranched alkanes of at least 4 members (excludes halogenated alkanes) is 4. The maximum Gasteiger partial charge on any atom is 0.306 e. The summed E-state index contributed by atoms with van der Waals surface area (Å²) < 4.78 is 5.84. The summed E-state index contributed by atoms with van der Waals surface area (Å²) in [4.78, 5) is 36.1. The van der Waals surface area contributed by atoms with E-state index in [4.69, 9.17) is 4.74 Å². The summed E-state index contributed by atoms with van der Waals surface area (Å²) in [6.45, 7) is 8.18. The molecule has 2 rings (SSSR count). The Morgan fingerprint density at radius 2 is 1.86 bits per heavy atom. The molecule has 158 valence electrons. The standard InChI is InChI=1S/C23H36O5/c1-5-6-7-8-9-11-19(26)28-18-14-17(15-24)23(27,16-25)22(4)13-10-12-21(2,3)20(18)22/h14-16,18,20,27H,5-13H2,1-4H3/t18-,20+,22+,23-/m1/s1. The predicted octanol–water partition coefficient (Wildman–Crippen LogP) is 4.16. The van der Waals surface area contributed by atoms with Gasteiger partial charge in [-0.3, -0.25) is 14.4 Å². The van der Waals surface area contributed by atoms with E-state index < -0.39 is 17.1 Å². The van der Waals surface area contributed by atoms with E-state index in [1.54, 1.807) is 0 Å². The van der Waals surface area contributed by atoms with E-state index in [9.17, 15) is 19.5 Å². The summed E-state index contributed by atoms with van der Waals surface area (Å²) in [5.74, 6) is -0.514. The smallest absolute Gasteiger partial charge is 0.306 e. The number of aliphatic hydroxyl groups is 1. The molecule has 0 bridgehead atoms. The predicted molar refractivity (Wildman–Crippen MR) is 108 cm³/mol. The van der Waals surface area contributed by atoms with Crippen LogP contribution in [0.2, 0.25) is 0 Å². The highest BCUT2D eigenvalue weighted by molar-refractivity contribution is 5.88. The van der Waals surface area contributed by atoms with Crippen molar-refractivity contribution in [3.8, 4) is 0 Å². The molecule has 0 spiro atoms. The number of carbonyl (C=O) groups excluding carboxylic acids is 3. The van der Waals surface area contributed by atoms with Gasteiger partial charge in [-0.05, 0) is 30.8 Å². The topological polar surface area (TPSA) is 80.7 Å². The van der Waals surface area contributed by atoms with Crippen LogP contribution in [0, 0.1) is 16.7 Å². The van der Waals surface area contributed by atoms with E-state index in [1.165, 1.54) is 12.5 Å². The number of hydrogen-bond donors (Lipinski definition) is 1. The number of esters is 1. The van der Waals surface area contributed by atoms with Crippen molar-refractivity contribution in [1.82, 2.24) is 0 Å². The fourth-order valence-electron chi connectivity index (χ4n) is 5.57. The van der Waals surface area contributed by atoms with Crippen LogP contribution in [0.5, 0.6) is 0 Å². The molecule has 5 nitrogen and oxygen atoms in total. The van der Waals surface area contributed by atoms with Gasteiger partial charge in [0.15, 0.2) is 11.9 Å². The van der Waals surface area contributed by atoms with Gasteiger partial charge in [0.25, 0.3) is 0 Å². The van der Waals surface area contributed by atoms with Crippen LogP contribution in [0.4, 0.5) is 0 Å². The molecule has 0 unspecified atom stereocenters. The molecule has 1 saturated carbocycles. The lowest BCUT2D eigenvalue weighted by Crippen LogP contribution is -2.64. The van der Waals surface area contributed by atoms with Crippen molar-refractivity contribution < 1.29 is 24.2 Å². The van der Waals surface area contributed by atoms with Crippen LogP contribution in [-0.4, -0.2) is 35.4 Å². The molecule has 28 heavy (non-hydrogen) atoms. The zero-order chi connectivity index (χ0) is 21.0. The van der Waals surface area contributed by atoms with Crippen LogP contribution < -0.4 is 0 Å². The highest BCUT2D eigenvalue weighted by Crippen LogP contribution is 2.61. The second kappa shape index (κ2) is 8.89. The first-order valence-corrected chi connectivity index (χ1v) is 10.7. The van der Waals surface area contributed by atoms with Gasteiger partial charge in [-0.2, -0.15) is 0 Å². The van der Waals surface area contributed by atoms with Gasteiger partial charge in [0.1, 0.15) is 12.4 Å². The van der Waals surface area contributed by atoms with Crippen molar-refractivity contribution in [1.29, 1.82) is 0 Å². The van der Waals surface area contributed by atoms with E-state index >= 15 is 0 Å². The maximum atomic E-state index is 12.5. The van der Waals surface area contributed by atoms with Crippen LogP contribution in [-0.2, 0) is 19.1 Å². The number of fused-ring (bicyclic) bond motifs is 1. The summed E-state index contributed by atoms with van der Waals surface area (Å²) in [6.07, 6.45) is 9.87. The molecule has 2 aliphatic rings. The lowest BCUT2D eigenvalue weighted by atomic mass is 9.46. The number of ether oxygens (including phenoxy) is 1. The molecule has 0 aromatic heterocycles. The minimum absolute atomic E-state index is 0.0136. The molecule has 4 atom stereocenters. The average molecular weight is 393 g/mol. The first kappa shape index (κ1) is 22.8. The molecule has 0 aromatic rings. The SMILES string of the molecule is CCCCCCCC(=O)O[C@@H]1C=C(C=O)[C@](O)(C=O)[C@@]2(C)CCCC(C)(C)[C@H]12. The molecule has 0 saturated heterocycles. The lowest BCUT2D eigenvalue weighted by molar-refractivity contribution is -0.187. The van der Waals surface area contributed by atoms with Crippen molar-refractivity contribution in [2.24, 2.45) is 16.7 Å². The Morgan fingerprint density at radius 3 is 2.46 bits per heavy atom. The zero-order valence-electron chi connectivity index (χ0n) is 17.8. The molecule has 0 aliphatic heterocycles. The van der Waals surface area contributed by atoms with Gasteiger partial charge in [-0.25, -0.2) is 0 Å². The van der Waals surface area contributed by atoms with Crippen molar-refractivity contribution in [2.45, 2.75) is 97.2 Å². The summed E-state index contributed by atoms with van der Waals surface area (Å²) in [5.41, 5.74) is -2.92. The van der Waals surface area contributed by atoms with Crippen molar-refractivity contribution in [3.05, 3.63) is 11.6 Å². The maximum absolute atomic E-state index is 12.5. The van der Waals surface area contributed by atoms with Crippen LogP contribution >= 0.6 is 0 Å². The van der Waals surface area contributed by atoms with Crippen molar-refractivity contribution in [3.63, 3.8) is 0 Å². The van der Waals surface area contributed by atoms with Crippen molar-refractivity contribution >= 4 is 18.5 Å². The third kappa shape index (κ3) is 4.10. The minimum atomic E-state index is -1.85. The van der Waals surface area contributed by atoms with E-state index in [2.05, 4.69) is 20.8 Å². The number of carbonyl (C=O) groups is 3. The largest absolute Gasteiger partial charge is 0.458 e. The van der Waals surface area contributed by atoms with Crippen LogP contribution in [0.15, 0.2) is 11.6 Å². The van der Waals surface area contributed by atoms with E-state index in [-0.39, 0.29) is 22.9 Å². The molecule has 2 aliphatic carbocycles. The Labute approximate surface area is 168 Å². The Morgan fingerprint density at radius 1 is 1.18 bits per heavy atom.